The first-order chi connectivity index (χ1) is 69.9. The van der Waals surface area contributed by atoms with Crippen molar-refractivity contribution in [1.29, 1.82) is 0 Å². The van der Waals surface area contributed by atoms with Crippen molar-refractivity contribution in [2.75, 3.05) is 19.6 Å². The van der Waals surface area contributed by atoms with Crippen molar-refractivity contribution >= 4 is 210 Å². The molecule has 4 heterocycles. The third-order valence-electron chi connectivity index (χ3n) is 28.4. The molecule has 0 amide bonds. The fraction of sp³-hybridized carbons (Fsp3) is 0.0448. The smallest absolute Gasteiger partial charge is 0.143 e. The molecule has 0 unspecified atom stereocenters. The molecule has 0 saturated carbocycles. The molecule has 674 valence electrons. The van der Waals surface area contributed by atoms with Crippen molar-refractivity contribution in [1.82, 2.24) is 0 Å². The third kappa shape index (κ3) is 14.5. The van der Waals surface area contributed by atoms with E-state index in [1.54, 1.807) is 0 Å². The van der Waals surface area contributed by atoms with Gasteiger partial charge in [0.25, 0.3) is 0 Å². The molecular weight excluding hydrogens is 1730 g/mol. The molecule has 8 nitrogen and oxygen atoms in total. The molecule has 0 bridgehead atoms. The zero-order chi connectivity index (χ0) is 94.8. The minimum atomic E-state index is -0.120. The Balaban J connectivity index is 0.000000146. The summed E-state index contributed by atoms with van der Waals surface area (Å²) < 4.78 is 26.4. The van der Waals surface area contributed by atoms with Crippen LogP contribution in [-0.2, 0) is 5.41 Å². The van der Waals surface area contributed by atoms with E-state index in [1.165, 1.54) is 38.2 Å². The van der Waals surface area contributed by atoms with Crippen LogP contribution >= 0.6 is 0 Å². The number of rotatable bonds is 16. The number of fused-ring (bicyclic) bond motifs is 19. The predicted molar refractivity (Wildman–Crippen MR) is 598 cm³/mol. The lowest BCUT2D eigenvalue weighted by Gasteiger charge is -2.33. The summed E-state index contributed by atoms with van der Waals surface area (Å²) in [6.07, 6.45) is 0. The van der Waals surface area contributed by atoms with Gasteiger partial charge in [-0.15, -0.1) is 0 Å². The Kier molecular flexibility index (Phi) is 20.5. The largest absolute Gasteiger partial charge is 0.455 e. The lowest BCUT2D eigenvalue weighted by Crippen LogP contribution is -2.16. The average Bonchev–Trinajstić information content (AvgIpc) is 1.05. The minimum Gasteiger partial charge on any atom is -0.455 e. The lowest BCUT2D eigenvalue weighted by atomic mass is 9.84. The first kappa shape index (κ1) is 84.3. The van der Waals surface area contributed by atoms with E-state index < -0.39 is 0 Å². The molecule has 0 aliphatic heterocycles. The predicted octanol–water partition coefficient (Wildman–Crippen LogP) is 39.2. The number of nitrogens with zero attached hydrogens (tertiary/aromatic N) is 4. The Labute approximate surface area is 821 Å². The summed E-state index contributed by atoms with van der Waals surface area (Å²) >= 11 is 0. The summed E-state index contributed by atoms with van der Waals surface area (Å²) in [5.41, 5.74) is 32.1. The van der Waals surface area contributed by atoms with Crippen molar-refractivity contribution in [3.05, 3.63) is 496 Å². The zero-order valence-corrected chi connectivity index (χ0v) is 79.0. The van der Waals surface area contributed by atoms with Crippen LogP contribution in [-0.4, -0.2) is 0 Å². The van der Waals surface area contributed by atoms with Gasteiger partial charge in [-0.2, -0.15) is 0 Å². The first-order valence-electron chi connectivity index (χ1n) is 48.7. The van der Waals surface area contributed by atoms with E-state index in [0.717, 1.165) is 233 Å². The van der Waals surface area contributed by atoms with Crippen LogP contribution in [0.1, 0.15) is 37.5 Å². The molecule has 0 spiro atoms. The molecule has 142 heavy (non-hydrogen) atoms. The van der Waals surface area contributed by atoms with E-state index in [-0.39, 0.29) is 5.41 Å². The summed E-state index contributed by atoms with van der Waals surface area (Å²) in [5.74, 6) is 0. The molecule has 0 aliphatic carbocycles. The van der Waals surface area contributed by atoms with E-state index >= 15 is 0 Å². The highest BCUT2D eigenvalue weighted by molar-refractivity contribution is 6.27. The standard InChI is InChI=1S/C68H46N2O2.C66H48N2O2/c1-43-17-11-21-47(37-43)69(49-23-13-19-45(39-49)51-31-15-33-59-57-29-7-9-35-65(57)71-67(51)59)63-41-61-54-26-4-6-28-56(54)64(42-62(61)53-25-3-5-27-55(53)63)70(48-22-12-18-44(2)38-48)50-24-14-20-46(40-50)52-32-16-34-60-58-30-8-10-36-66(58)72-68(52)60;1-66(2,3)45-38-39-56-59(42-45)63(68(47-24-8-5-9-25-47)49-27-17-21-44(41-49)51-33-19-35-58-53-29-13-15-37-61(53)70-65(51)58)55-31-11-10-30-54(55)62(56)67(46-22-6-4-7-23-46)48-26-16-20-43(40-48)50-32-18-34-57-52-28-12-14-36-60(52)69-64(50)57/h3-42H,1-2H3;4-42H,1-3H3. The fourth-order valence-electron chi connectivity index (χ4n) is 21.9. The second kappa shape index (κ2) is 34.5. The number of para-hydroxylation sites is 10. The molecule has 27 rings (SSSR count). The van der Waals surface area contributed by atoms with Crippen LogP contribution in [0, 0.1) is 13.8 Å². The van der Waals surface area contributed by atoms with Crippen LogP contribution in [0.4, 0.5) is 68.2 Å². The van der Waals surface area contributed by atoms with Gasteiger partial charge in [0.1, 0.15) is 44.7 Å². The second-order valence-electron chi connectivity index (χ2n) is 38.2. The van der Waals surface area contributed by atoms with Crippen LogP contribution in [0.3, 0.4) is 0 Å². The Morgan fingerprint density at radius 2 is 0.423 bits per heavy atom. The van der Waals surface area contributed by atoms with Gasteiger partial charge in [-0.05, 0) is 219 Å². The van der Waals surface area contributed by atoms with Crippen molar-refractivity contribution in [3.8, 4) is 44.5 Å². The number of hydrogen-bond acceptors (Lipinski definition) is 8. The average molecular weight is 1820 g/mol. The normalized spacial score (nSPS) is 11.8. The van der Waals surface area contributed by atoms with Crippen LogP contribution in [0.15, 0.2) is 497 Å². The molecule has 0 fully saturated rings. The van der Waals surface area contributed by atoms with Crippen molar-refractivity contribution < 1.29 is 17.7 Å². The molecule has 0 saturated heterocycles. The van der Waals surface area contributed by atoms with Gasteiger partial charge in [-0.1, -0.05) is 360 Å². The van der Waals surface area contributed by atoms with E-state index in [9.17, 15) is 0 Å². The Bertz CT molecular complexity index is 9410. The van der Waals surface area contributed by atoms with Crippen molar-refractivity contribution in [3.63, 3.8) is 0 Å². The summed E-state index contributed by atoms with van der Waals surface area (Å²) in [5, 5.41) is 20.5. The highest BCUT2D eigenvalue weighted by Crippen LogP contribution is 2.56. The van der Waals surface area contributed by atoms with Crippen LogP contribution < -0.4 is 19.6 Å². The highest BCUT2D eigenvalue weighted by atomic mass is 16.3. The molecule has 0 radical (unpaired) electrons. The van der Waals surface area contributed by atoms with Gasteiger partial charge >= 0.3 is 0 Å². The molecule has 0 aliphatic rings. The quantitative estimate of drug-likeness (QED) is 0.0539. The zero-order valence-electron chi connectivity index (χ0n) is 79.0. The van der Waals surface area contributed by atoms with Crippen LogP contribution in [0.25, 0.3) is 186 Å². The maximum absolute atomic E-state index is 6.62. The number of anilines is 12. The Morgan fingerprint density at radius 3 is 0.754 bits per heavy atom. The SMILES string of the molecule is CC(C)(C)c1ccc2c(N(c3ccccc3)c3cccc(-c4cccc5c4oc4ccccc45)c3)c3ccccc3c(N(c3ccccc3)c3cccc(-c4cccc5c4oc4ccccc45)c3)c2c1.Cc1cccc(N(c2cccc(-c3cccc4c3oc3ccccc34)c2)c2cc3c4ccccc4c(N(c4cccc(C)c4)c4cccc(-c5cccc6c5oc5ccccc56)c4)cc3c3ccccc23)c1. The minimum absolute atomic E-state index is 0.120. The topological polar surface area (TPSA) is 65.5 Å². The molecule has 8 heteroatoms. The van der Waals surface area contributed by atoms with E-state index in [4.69, 9.17) is 17.7 Å². The summed E-state index contributed by atoms with van der Waals surface area (Å²) in [6, 6.07) is 173. The molecular formula is C134H94N4O4. The van der Waals surface area contributed by atoms with Crippen LogP contribution in [0.5, 0.6) is 0 Å². The van der Waals surface area contributed by atoms with Gasteiger partial charge in [0, 0.05) is 143 Å². The molecule has 4 aromatic heterocycles. The second-order valence-corrected chi connectivity index (χ2v) is 38.2. The van der Waals surface area contributed by atoms with Gasteiger partial charge in [-0.25, -0.2) is 0 Å². The van der Waals surface area contributed by atoms with Gasteiger partial charge in [0.15, 0.2) is 0 Å². The van der Waals surface area contributed by atoms with E-state index in [0.29, 0.717) is 0 Å². The summed E-state index contributed by atoms with van der Waals surface area (Å²) in [7, 11) is 0. The maximum atomic E-state index is 6.62. The lowest BCUT2D eigenvalue weighted by molar-refractivity contribution is 0.591. The fourth-order valence-corrected chi connectivity index (χ4v) is 21.9. The van der Waals surface area contributed by atoms with Gasteiger partial charge < -0.3 is 37.3 Å². The van der Waals surface area contributed by atoms with Gasteiger partial charge in [0.2, 0.25) is 0 Å². The van der Waals surface area contributed by atoms with E-state index in [2.05, 4.69) is 509 Å². The van der Waals surface area contributed by atoms with Crippen molar-refractivity contribution in [2.24, 2.45) is 0 Å². The molecule has 23 aromatic carbocycles. The number of benzene rings is 23. The summed E-state index contributed by atoms with van der Waals surface area (Å²) in [6.45, 7) is 11.2. The van der Waals surface area contributed by atoms with Crippen LogP contribution in [0.2, 0.25) is 0 Å². The van der Waals surface area contributed by atoms with Gasteiger partial charge in [0.05, 0.1) is 22.7 Å². The van der Waals surface area contributed by atoms with E-state index in [1.807, 2.05) is 24.3 Å². The maximum Gasteiger partial charge on any atom is 0.143 e. The third-order valence-corrected chi connectivity index (χ3v) is 28.4. The molecule has 0 N–H and O–H groups in total. The Hall–Kier alpha value is -18.2. The number of hydrogen-bond donors (Lipinski definition) is 0. The summed E-state index contributed by atoms with van der Waals surface area (Å²) in [4.78, 5) is 9.79. The molecule has 0 atom stereocenters. The molecule has 27 aromatic rings. The number of aryl methyl sites for hydroxylation is 2. The van der Waals surface area contributed by atoms with Gasteiger partial charge in [-0.3, -0.25) is 0 Å². The van der Waals surface area contributed by atoms with Crippen molar-refractivity contribution in [2.45, 2.75) is 40.0 Å². The monoisotopic (exact) mass is 1820 g/mol. The first-order valence-corrected chi connectivity index (χ1v) is 48.7. The highest BCUT2D eigenvalue weighted by Gasteiger charge is 2.31. The Morgan fingerprint density at radius 1 is 0.169 bits per heavy atom. The number of furan rings is 4.